The normalized spacial score (nSPS) is 20.0. The maximum Gasteiger partial charge on any atom is -0.0136 e. The van der Waals surface area contributed by atoms with Gasteiger partial charge in [0.1, 0.15) is 0 Å². The van der Waals surface area contributed by atoms with Crippen LogP contribution in [0.4, 0.5) is 0 Å². The first-order chi connectivity index (χ1) is 4.33. The lowest BCUT2D eigenvalue weighted by molar-refractivity contribution is 0.727. The van der Waals surface area contributed by atoms with E-state index in [9.17, 15) is 0 Å². The number of allylic oxidation sites excluding steroid dienone is 4. The van der Waals surface area contributed by atoms with Crippen molar-refractivity contribution in [3.63, 3.8) is 0 Å². The van der Waals surface area contributed by atoms with Crippen molar-refractivity contribution >= 4 is 0 Å². The van der Waals surface area contributed by atoms with E-state index in [1.54, 1.807) is 5.57 Å². The van der Waals surface area contributed by atoms with Gasteiger partial charge in [-0.1, -0.05) is 30.7 Å². The Hall–Kier alpha value is -0.520. The number of hydrogen-bond donors (Lipinski definition) is 0. The van der Waals surface area contributed by atoms with Crippen LogP contribution in [-0.2, 0) is 0 Å². The third-order valence-electron chi connectivity index (χ3n) is 1.60. The summed E-state index contributed by atoms with van der Waals surface area (Å²) in [7, 11) is 0. The molecule has 0 N–H and O–H groups in total. The van der Waals surface area contributed by atoms with Crippen molar-refractivity contribution in [2.45, 2.75) is 26.7 Å². The van der Waals surface area contributed by atoms with Gasteiger partial charge in [0.05, 0.1) is 0 Å². The molecule has 0 saturated carbocycles. The van der Waals surface area contributed by atoms with Gasteiger partial charge >= 0.3 is 0 Å². The third-order valence-corrected chi connectivity index (χ3v) is 1.60. The molecule has 0 aromatic carbocycles. The molecular weight excluding hydrogens is 108 g/mol. The van der Waals surface area contributed by atoms with Crippen molar-refractivity contribution in [1.29, 1.82) is 0 Å². The van der Waals surface area contributed by atoms with Crippen molar-refractivity contribution in [3.8, 4) is 0 Å². The van der Waals surface area contributed by atoms with Gasteiger partial charge in [-0.05, 0) is 25.7 Å². The molecule has 0 spiro atoms. The van der Waals surface area contributed by atoms with E-state index in [1.165, 1.54) is 12.8 Å². The average molecular weight is 122 g/mol. The molecule has 1 aliphatic carbocycles. The first-order valence-corrected chi connectivity index (χ1v) is 3.63. The summed E-state index contributed by atoms with van der Waals surface area (Å²) in [5.41, 5.74) is 1.64. The van der Waals surface area contributed by atoms with Crippen LogP contribution >= 0.6 is 0 Å². The highest BCUT2D eigenvalue weighted by Gasteiger charge is 2.08. The molecular formula is C9H14. The fraction of sp³-hybridized carbons (Fsp3) is 0.556. The van der Waals surface area contributed by atoms with E-state index in [-0.39, 0.29) is 0 Å². The number of hydrogen-bond acceptors (Lipinski definition) is 0. The van der Waals surface area contributed by atoms with Crippen molar-refractivity contribution in [1.82, 2.24) is 0 Å². The first kappa shape index (κ1) is 6.60. The zero-order valence-electron chi connectivity index (χ0n) is 6.22. The van der Waals surface area contributed by atoms with Crippen LogP contribution < -0.4 is 0 Å². The maximum atomic E-state index is 2.31. The Kier molecular flexibility index (Phi) is 2.10. The van der Waals surface area contributed by atoms with E-state index < -0.39 is 0 Å². The molecule has 1 aliphatic rings. The first-order valence-electron chi connectivity index (χ1n) is 3.63. The second kappa shape index (κ2) is 2.86. The smallest absolute Gasteiger partial charge is 0.0136 e. The predicted molar refractivity (Wildman–Crippen MR) is 41.3 cm³/mol. The highest BCUT2D eigenvalue weighted by atomic mass is 14.1. The SMILES string of the molecule is C/C=C\C(C)CC1=CC1. The van der Waals surface area contributed by atoms with Gasteiger partial charge in [-0.15, -0.1) is 0 Å². The molecule has 0 aromatic heterocycles. The zero-order chi connectivity index (χ0) is 6.69. The second-order valence-electron chi connectivity index (χ2n) is 2.77. The van der Waals surface area contributed by atoms with Crippen LogP contribution in [-0.4, -0.2) is 0 Å². The van der Waals surface area contributed by atoms with Crippen molar-refractivity contribution in [2.75, 3.05) is 0 Å². The summed E-state index contributed by atoms with van der Waals surface area (Å²) < 4.78 is 0. The van der Waals surface area contributed by atoms with Crippen molar-refractivity contribution in [2.24, 2.45) is 5.92 Å². The Morgan fingerprint density at radius 2 is 2.44 bits per heavy atom. The molecule has 0 amide bonds. The minimum absolute atomic E-state index is 0.753. The fourth-order valence-electron chi connectivity index (χ4n) is 1.05. The van der Waals surface area contributed by atoms with Crippen LogP contribution in [0.15, 0.2) is 23.8 Å². The Morgan fingerprint density at radius 1 is 1.78 bits per heavy atom. The molecule has 0 radical (unpaired) electrons. The molecule has 1 unspecified atom stereocenters. The highest BCUT2D eigenvalue weighted by Crippen LogP contribution is 2.26. The van der Waals surface area contributed by atoms with Crippen LogP contribution in [0.1, 0.15) is 26.7 Å². The molecule has 0 heterocycles. The summed E-state index contributed by atoms with van der Waals surface area (Å²) in [5.74, 6) is 0.753. The van der Waals surface area contributed by atoms with Gasteiger partial charge < -0.3 is 0 Å². The Balaban J connectivity index is 2.17. The predicted octanol–water partition coefficient (Wildman–Crippen LogP) is 2.92. The molecule has 0 aromatic rings. The lowest BCUT2D eigenvalue weighted by Crippen LogP contribution is -1.85. The summed E-state index contributed by atoms with van der Waals surface area (Å²) in [6.07, 6.45) is 9.26. The molecule has 0 nitrogen and oxygen atoms in total. The summed E-state index contributed by atoms with van der Waals surface area (Å²) in [5, 5.41) is 0. The molecule has 0 heteroatoms. The summed E-state index contributed by atoms with van der Waals surface area (Å²) in [4.78, 5) is 0. The van der Waals surface area contributed by atoms with Crippen molar-refractivity contribution in [3.05, 3.63) is 23.8 Å². The molecule has 1 rings (SSSR count). The minimum atomic E-state index is 0.753. The van der Waals surface area contributed by atoms with Crippen molar-refractivity contribution < 1.29 is 0 Å². The van der Waals surface area contributed by atoms with Gasteiger partial charge in [0.15, 0.2) is 0 Å². The molecule has 1 atom stereocenters. The number of rotatable bonds is 3. The molecule has 50 valence electrons. The molecule has 0 fully saturated rings. The van der Waals surface area contributed by atoms with E-state index in [4.69, 9.17) is 0 Å². The lowest BCUT2D eigenvalue weighted by Gasteiger charge is -1.99. The van der Waals surface area contributed by atoms with Crippen LogP contribution in [0, 0.1) is 5.92 Å². The quantitative estimate of drug-likeness (QED) is 0.505. The third kappa shape index (κ3) is 2.50. The monoisotopic (exact) mass is 122 g/mol. The standard InChI is InChI=1S/C9H14/c1-3-4-8(2)7-9-5-6-9/h3-5,8H,6-7H2,1-2H3/b4-3-. The Morgan fingerprint density at radius 3 is 2.89 bits per heavy atom. The average Bonchev–Trinajstić information content (AvgIpc) is 2.50. The van der Waals surface area contributed by atoms with Gasteiger partial charge in [-0.2, -0.15) is 0 Å². The van der Waals surface area contributed by atoms with Crippen LogP contribution in [0.25, 0.3) is 0 Å². The fourth-order valence-corrected chi connectivity index (χ4v) is 1.05. The van der Waals surface area contributed by atoms with Gasteiger partial charge in [0.25, 0.3) is 0 Å². The lowest BCUT2D eigenvalue weighted by atomic mass is 10.1. The van der Waals surface area contributed by atoms with E-state index in [0.717, 1.165) is 5.92 Å². The minimum Gasteiger partial charge on any atom is -0.0914 e. The molecule has 0 saturated heterocycles. The summed E-state index contributed by atoms with van der Waals surface area (Å²) >= 11 is 0. The van der Waals surface area contributed by atoms with Crippen LogP contribution in [0.5, 0.6) is 0 Å². The maximum absolute atomic E-state index is 2.31. The van der Waals surface area contributed by atoms with Gasteiger partial charge in [-0.25, -0.2) is 0 Å². The second-order valence-corrected chi connectivity index (χ2v) is 2.77. The summed E-state index contributed by atoms with van der Waals surface area (Å²) in [6.45, 7) is 4.34. The Bertz CT molecular complexity index is 140. The van der Waals surface area contributed by atoms with Gasteiger partial charge in [-0.3, -0.25) is 0 Å². The van der Waals surface area contributed by atoms with E-state index >= 15 is 0 Å². The molecule has 0 bridgehead atoms. The molecule has 9 heavy (non-hydrogen) atoms. The van der Waals surface area contributed by atoms with E-state index in [0.29, 0.717) is 0 Å². The van der Waals surface area contributed by atoms with Gasteiger partial charge in [0, 0.05) is 0 Å². The Labute approximate surface area is 57.3 Å². The van der Waals surface area contributed by atoms with Crippen LogP contribution in [0.2, 0.25) is 0 Å². The van der Waals surface area contributed by atoms with E-state index in [2.05, 4.69) is 32.1 Å². The zero-order valence-corrected chi connectivity index (χ0v) is 6.22. The van der Waals surface area contributed by atoms with E-state index in [1.807, 2.05) is 0 Å². The topological polar surface area (TPSA) is 0 Å². The molecule has 0 aliphatic heterocycles. The van der Waals surface area contributed by atoms with Gasteiger partial charge in [0.2, 0.25) is 0 Å². The highest BCUT2D eigenvalue weighted by molar-refractivity contribution is 5.22. The van der Waals surface area contributed by atoms with Crippen LogP contribution in [0.3, 0.4) is 0 Å². The largest absolute Gasteiger partial charge is 0.0914 e. The summed E-state index contributed by atoms with van der Waals surface area (Å²) in [6, 6.07) is 0.